The van der Waals surface area contributed by atoms with E-state index in [0.29, 0.717) is 17.1 Å². The fraction of sp³-hybridized carbons (Fsp3) is 0.500. The van der Waals surface area contributed by atoms with Crippen LogP contribution in [0.25, 0.3) is 11.1 Å². The zero-order valence-electron chi connectivity index (χ0n) is 10.7. The van der Waals surface area contributed by atoms with Gasteiger partial charge in [-0.1, -0.05) is 19.8 Å². The van der Waals surface area contributed by atoms with Gasteiger partial charge in [0.25, 0.3) is 6.01 Å². The monoisotopic (exact) mass is 245 g/mol. The van der Waals surface area contributed by atoms with Crippen molar-refractivity contribution in [2.24, 2.45) is 5.41 Å². The van der Waals surface area contributed by atoms with Gasteiger partial charge in [-0.15, -0.1) is 0 Å². The molecule has 0 spiro atoms. The van der Waals surface area contributed by atoms with Gasteiger partial charge >= 0.3 is 0 Å². The topological polar surface area (TPSA) is 64.1 Å². The number of benzene rings is 1. The second kappa shape index (κ2) is 4.19. The number of rotatable bonds is 3. The van der Waals surface area contributed by atoms with Crippen molar-refractivity contribution in [1.29, 1.82) is 0 Å². The average molecular weight is 245 g/mol. The number of nitrogen functional groups attached to an aromatic ring is 1. The van der Waals surface area contributed by atoms with Crippen molar-refractivity contribution < 1.29 is 4.42 Å². The first kappa shape index (κ1) is 11.4. The van der Waals surface area contributed by atoms with E-state index < -0.39 is 0 Å². The van der Waals surface area contributed by atoms with E-state index >= 15 is 0 Å². The Morgan fingerprint density at radius 3 is 2.94 bits per heavy atom. The number of fused-ring (bicyclic) bond motifs is 1. The van der Waals surface area contributed by atoms with Crippen LogP contribution in [0.2, 0.25) is 0 Å². The lowest BCUT2D eigenvalue weighted by molar-refractivity contribution is 0.358. The lowest BCUT2D eigenvalue weighted by Crippen LogP contribution is -2.22. The summed E-state index contributed by atoms with van der Waals surface area (Å²) in [5.41, 5.74) is 8.42. The molecule has 3 rings (SSSR count). The fourth-order valence-corrected chi connectivity index (χ4v) is 2.71. The third kappa shape index (κ3) is 2.15. The summed E-state index contributed by atoms with van der Waals surface area (Å²) in [5, 5.41) is 3.32. The molecule has 4 nitrogen and oxygen atoms in total. The Bertz CT molecular complexity index is 555. The van der Waals surface area contributed by atoms with Gasteiger partial charge in [-0.25, -0.2) is 0 Å². The molecule has 96 valence electrons. The summed E-state index contributed by atoms with van der Waals surface area (Å²) in [7, 11) is 0. The summed E-state index contributed by atoms with van der Waals surface area (Å²) < 4.78 is 5.65. The van der Waals surface area contributed by atoms with Crippen molar-refractivity contribution >= 4 is 22.8 Å². The van der Waals surface area contributed by atoms with Crippen LogP contribution < -0.4 is 11.1 Å². The molecule has 0 saturated heterocycles. The molecule has 1 aliphatic rings. The third-order valence-electron chi connectivity index (χ3n) is 3.89. The first-order valence-corrected chi connectivity index (χ1v) is 6.55. The second-order valence-electron chi connectivity index (χ2n) is 5.62. The normalized spacial score (nSPS) is 18.3. The maximum absolute atomic E-state index is 5.73. The SMILES string of the molecule is CC1(CNc2nc3cc(N)ccc3o2)CCCC1. The minimum Gasteiger partial charge on any atom is -0.424 e. The van der Waals surface area contributed by atoms with Crippen molar-refractivity contribution in [3.63, 3.8) is 0 Å². The van der Waals surface area contributed by atoms with Gasteiger partial charge in [0.2, 0.25) is 0 Å². The molecule has 1 saturated carbocycles. The molecule has 0 unspecified atom stereocenters. The number of nitrogens with zero attached hydrogens (tertiary/aromatic N) is 1. The summed E-state index contributed by atoms with van der Waals surface area (Å²) in [5.74, 6) is 0. The van der Waals surface area contributed by atoms with Crippen molar-refractivity contribution in [2.75, 3.05) is 17.6 Å². The predicted molar refractivity (Wildman–Crippen MR) is 73.5 cm³/mol. The van der Waals surface area contributed by atoms with Gasteiger partial charge in [-0.2, -0.15) is 4.98 Å². The number of hydrogen-bond acceptors (Lipinski definition) is 4. The van der Waals surface area contributed by atoms with Crippen LogP contribution in [0.1, 0.15) is 32.6 Å². The molecule has 1 aromatic carbocycles. The number of hydrogen-bond donors (Lipinski definition) is 2. The van der Waals surface area contributed by atoms with E-state index in [1.165, 1.54) is 25.7 Å². The highest BCUT2D eigenvalue weighted by molar-refractivity contribution is 5.78. The molecular weight excluding hydrogens is 226 g/mol. The first-order valence-electron chi connectivity index (χ1n) is 6.55. The van der Waals surface area contributed by atoms with Gasteiger partial charge in [0.1, 0.15) is 5.52 Å². The molecule has 1 aliphatic carbocycles. The quantitative estimate of drug-likeness (QED) is 0.813. The van der Waals surface area contributed by atoms with Crippen molar-refractivity contribution in [3.8, 4) is 0 Å². The zero-order chi connectivity index (χ0) is 12.6. The van der Waals surface area contributed by atoms with Gasteiger partial charge in [-0.3, -0.25) is 0 Å². The summed E-state index contributed by atoms with van der Waals surface area (Å²) in [6.07, 6.45) is 5.24. The van der Waals surface area contributed by atoms with Crippen LogP contribution in [-0.4, -0.2) is 11.5 Å². The minimum absolute atomic E-state index is 0.389. The Kier molecular flexibility index (Phi) is 2.65. The third-order valence-corrected chi connectivity index (χ3v) is 3.89. The molecular formula is C14H19N3O. The smallest absolute Gasteiger partial charge is 0.295 e. The average Bonchev–Trinajstić information content (AvgIpc) is 2.93. The molecule has 1 aromatic heterocycles. The van der Waals surface area contributed by atoms with E-state index in [-0.39, 0.29) is 0 Å². The Labute approximate surface area is 107 Å². The summed E-state index contributed by atoms with van der Waals surface area (Å²) in [4.78, 5) is 4.41. The second-order valence-corrected chi connectivity index (χ2v) is 5.62. The van der Waals surface area contributed by atoms with E-state index in [2.05, 4.69) is 17.2 Å². The van der Waals surface area contributed by atoms with Crippen molar-refractivity contribution in [2.45, 2.75) is 32.6 Å². The van der Waals surface area contributed by atoms with Crippen LogP contribution in [-0.2, 0) is 0 Å². The van der Waals surface area contributed by atoms with Crippen LogP contribution in [0, 0.1) is 5.41 Å². The lowest BCUT2D eigenvalue weighted by atomic mass is 9.89. The number of nitrogens with one attached hydrogen (secondary N) is 1. The molecule has 0 bridgehead atoms. The molecule has 1 fully saturated rings. The van der Waals surface area contributed by atoms with Gasteiger partial charge in [0.15, 0.2) is 5.58 Å². The molecule has 0 amide bonds. The van der Waals surface area contributed by atoms with Gasteiger partial charge in [-0.05, 0) is 36.5 Å². The zero-order valence-corrected chi connectivity index (χ0v) is 10.7. The van der Waals surface area contributed by atoms with E-state index in [1.807, 2.05) is 18.2 Å². The van der Waals surface area contributed by atoms with E-state index in [1.54, 1.807) is 0 Å². The summed E-state index contributed by atoms with van der Waals surface area (Å²) in [6, 6.07) is 6.13. The summed E-state index contributed by atoms with van der Waals surface area (Å²) >= 11 is 0. The highest BCUT2D eigenvalue weighted by atomic mass is 16.4. The Balaban J connectivity index is 1.74. The highest BCUT2D eigenvalue weighted by Crippen LogP contribution is 2.37. The van der Waals surface area contributed by atoms with Crippen LogP contribution in [0.4, 0.5) is 11.7 Å². The number of oxazole rings is 1. The van der Waals surface area contributed by atoms with E-state index in [9.17, 15) is 0 Å². The minimum atomic E-state index is 0.389. The van der Waals surface area contributed by atoms with E-state index in [4.69, 9.17) is 10.2 Å². The van der Waals surface area contributed by atoms with E-state index in [0.717, 1.165) is 17.6 Å². The first-order chi connectivity index (χ1) is 8.65. The molecule has 18 heavy (non-hydrogen) atoms. The molecule has 3 N–H and O–H groups in total. The Morgan fingerprint density at radius 1 is 1.39 bits per heavy atom. The molecule has 4 heteroatoms. The highest BCUT2D eigenvalue weighted by Gasteiger charge is 2.28. The van der Waals surface area contributed by atoms with Crippen LogP contribution in [0.15, 0.2) is 22.6 Å². The Hall–Kier alpha value is -1.71. The Morgan fingerprint density at radius 2 is 2.17 bits per heavy atom. The van der Waals surface area contributed by atoms with Gasteiger partial charge in [0.05, 0.1) is 0 Å². The molecule has 0 atom stereocenters. The van der Waals surface area contributed by atoms with Crippen LogP contribution in [0.5, 0.6) is 0 Å². The maximum atomic E-state index is 5.73. The maximum Gasteiger partial charge on any atom is 0.295 e. The standard InChI is InChI=1S/C14H19N3O/c1-14(6-2-3-7-14)9-16-13-17-11-8-10(15)4-5-12(11)18-13/h4-5,8H,2-3,6-7,9,15H2,1H3,(H,16,17). The molecule has 1 heterocycles. The van der Waals surface area contributed by atoms with Crippen molar-refractivity contribution in [1.82, 2.24) is 4.98 Å². The van der Waals surface area contributed by atoms with Gasteiger partial charge < -0.3 is 15.5 Å². The van der Waals surface area contributed by atoms with Crippen LogP contribution >= 0.6 is 0 Å². The largest absolute Gasteiger partial charge is 0.424 e. The molecule has 0 radical (unpaired) electrons. The number of anilines is 2. The molecule has 2 aromatic rings. The number of nitrogens with two attached hydrogens (primary N) is 1. The number of aromatic nitrogens is 1. The van der Waals surface area contributed by atoms with Crippen molar-refractivity contribution in [3.05, 3.63) is 18.2 Å². The van der Waals surface area contributed by atoms with Gasteiger partial charge in [0, 0.05) is 12.2 Å². The predicted octanol–water partition coefficient (Wildman–Crippen LogP) is 3.40. The fourth-order valence-electron chi connectivity index (χ4n) is 2.71. The van der Waals surface area contributed by atoms with Crippen LogP contribution in [0.3, 0.4) is 0 Å². The molecule has 0 aliphatic heterocycles. The lowest BCUT2D eigenvalue weighted by Gasteiger charge is -2.22. The summed E-state index contributed by atoms with van der Waals surface area (Å²) in [6.45, 7) is 3.25.